The number of furan rings is 1. The van der Waals surface area contributed by atoms with E-state index in [1.165, 1.54) is 6.26 Å². The van der Waals surface area contributed by atoms with Gasteiger partial charge in [0, 0.05) is 28.6 Å². The van der Waals surface area contributed by atoms with Crippen molar-refractivity contribution in [2.75, 3.05) is 6.61 Å². The van der Waals surface area contributed by atoms with Gasteiger partial charge in [-0.05, 0) is 42.7 Å². The molecule has 128 valence electrons. The molecule has 4 nitrogen and oxygen atoms in total. The average Bonchev–Trinajstić information content (AvgIpc) is 3.14. The molecule has 3 aromatic rings. The van der Waals surface area contributed by atoms with Gasteiger partial charge in [-0.2, -0.15) is 0 Å². The van der Waals surface area contributed by atoms with Crippen LogP contribution in [0.2, 0.25) is 0 Å². The molecule has 0 radical (unpaired) electrons. The molecule has 0 bridgehead atoms. The van der Waals surface area contributed by atoms with E-state index >= 15 is 0 Å². The molecule has 0 amide bonds. The Bertz CT molecular complexity index is 787. The van der Waals surface area contributed by atoms with Crippen molar-refractivity contribution < 1.29 is 13.9 Å². The first kappa shape index (κ1) is 17.3. The summed E-state index contributed by atoms with van der Waals surface area (Å²) in [5, 5.41) is 0. The fourth-order valence-electron chi connectivity index (χ4n) is 2.36. The molecule has 0 saturated carbocycles. The maximum atomic E-state index is 12.2. The Morgan fingerprint density at radius 2 is 2.00 bits per heavy atom. The number of esters is 1. The molecule has 0 fully saturated rings. The van der Waals surface area contributed by atoms with Crippen LogP contribution in [0.25, 0.3) is 0 Å². The second-order valence-corrected chi connectivity index (χ2v) is 6.53. The summed E-state index contributed by atoms with van der Waals surface area (Å²) in [7, 11) is 0. The Morgan fingerprint density at radius 3 is 2.80 bits per heavy atom. The number of carbonyl (C=O) groups excluding carboxylic acids is 1. The van der Waals surface area contributed by atoms with Gasteiger partial charge in [-0.25, -0.2) is 4.79 Å². The van der Waals surface area contributed by atoms with Crippen molar-refractivity contribution in [1.82, 2.24) is 4.98 Å². The minimum absolute atomic E-state index is 0.296. The fraction of sp³-hybridized carbons (Fsp3) is 0.200. The van der Waals surface area contributed by atoms with Crippen LogP contribution in [0, 0.1) is 0 Å². The maximum absolute atomic E-state index is 12.2. The summed E-state index contributed by atoms with van der Waals surface area (Å²) in [6, 6.07) is 15.8. The number of ether oxygens (including phenoxy) is 1. The molecule has 0 aliphatic heterocycles. The molecule has 0 N–H and O–H groups in total. The highest BCUT2D eigenvalue weighted by Gasteiger charge is 2.17. The summed E-state index contributed by atoms with van der Waals surface area (Å²) in [5.74, 6) is 0.560. The molecule has 2 heterocycles. The lowest BCUT2D eigenvalue weighted by Crippen LogP contribution is -2.08. The van der Waals surface area contributed by atoms with Gasteiger partial charge >= 0.3 is 5.97 Å². The molecule has 2 aromatic heterocycles. The number of hydrogen-bond donors (Lipinski definition) is 0. The van der Waals surface area contributed by atoms with Crippen LogP contribution >= 0.6 is 11.8 Å². The van der Waals surface area contributed by atoms with Crippen LogP contribution < -0.4 is 0 Å². The number of hydrogen-bond acceptors (Lipinski definition) is 5. The van der Waals surface area contributed by atoms with Gasteiger partial charge in [0.15, 0.2) is 0 Å². The van der Waals surface area contributed by atoms with Crippen molar-refractivity contribution in [1.29, 1.82) is 0 Å². The number of nitrogens with zero attached hydrogens (tertiary/aromatic N) is 1. The monoisotopic (exact) mass is 353 g/mol. The smallest absolute Gasteiger partial charge is 0.374 e. The van der Waals surface area contributed by atoms with Gasteiger partial charge in [-0.15, -0.1) is 11.8 Å². The van der Waals surface area contributed by atoms with E-state index in [1.54, 1.807) is 18.0 Å². The second-order valence-electron chi connectivity index (χ2n) is 5.48. The van der Waals surface area contributed by atoms with Crippen molar-refractivity contribution in [3.8, 4) is 0 Å². The number of thioether (sulfide) groups is 1. The molecule has 3 rings (SSSR count). The Balaban J connectivity index is 1.47. The zero-order valence-corrected chi connectivity index (χ0v) is 14.6. The predicted octanol–water partition coefficient (Wildman–Crippen LogP) is 4.76. The van der Waals surface area contributed by atoms with E-state index in [4.69, 9.17) is 9.15 Å². The van der Waals surface area contributed by atoms with Crippen molar-refractivity contribution in [3.05, 3.63) is 84.1 Å². The lowest BCUT2D eigenvalue weighted by molar-refractivity contribution is 0.0463. The van der Waals surface area contributed by atoms with E-state index < -0.39 is 5.97 Å². The summed E-state index contributed by atoms with van der Waals surface area (Å²) in [6.45, 7) is 0.361. The third-order valence-electron chi connectivity index (χ3n) is 3.64. The summed E-state index contributed by atoms with van der Waals surface area (Å²) < 4.78 is 10.7. The zero-order chi connectivity index (χ0) is 17.3. The van der Waals surface area contributed by atoms with Gasteiger partial charge in [0.2, 0.25) is 5.76 Å². The van der Waals surface area contributed by atoms with E-state index in [9.17, 15) is 4.79 Å². The lowest BCUT2D eigenvalue weighted by atomic mass is 10.2. The molecular weight excluding hydrogens is 334 g/mol. The highest BCUT2D eigenvalue weighted by Crippen LogP contribution is 2.25. The van der Waals surface area contributed by atoms with Crippen LogP contribution in [0.3, 0.4) is 0 Å². The first-order valence-corrected chi connectivity index (χ1v) is 9.12. The number of aromatic nitrogens is 1. The molecule has 0 spiro atoms. The van der Waals surface area contributed by atoms with E-state index in [0.29, 0.717) is 18.1 Å². The fourth-order valence-corrected chi connectivity index (χ4v) is 3.26. The molecule has 0 aliphatic rings. The van der Waals surface area contributed by atoms with E-state index in [1.807, 2.05) is 54.7 Å². The van der Waals surface area contributed by atoms with Crippen molar-refractivity contribution in [2.24, 2.45) is 0 Å². The van der Waals surface area contributed by atoms with Gasteiger partial charge < -0.3 is 9.15 Å². The third-order valence-corrected chi connectivity index (χ3v) is 4.70. The topological polar surface area (TPSA) is 52.3 Å². The quantitative estimate of drug-likeness (QED) is 0.332. The Morgan fingerprint density at radius 1 is 1.12 bits per heavy atom. The minimum atomic E-state index is -0.403. The number of benzene rings is 1. The van der Waals surface area contributed by atoms with Gasteiger partial charge in [0.1, 0.15) is 0 Å². The summed E-state index contributed by atoms with van der Waals surface area (Å²) in [5.41, 5.74) is 1.99. The van der Waals surface area contributed by atoms with Crippen molar-refractivity contribution >= 4 is 17.7 Å². The van der Waals surface area contributed by atoms with Crippen LogP contribution in [0.1, 0.15) is 28.1 Å². The largest absolute Gasteiger partial charge is 0.460 e. The van der Waals surface area contributed by atoms with Gasteiger partial charge in [-0.1, -0.05) is 24.3 Å². The Labute approximate surface area is 151 Å². The molecule has 0 aliphatic carbocycles. The van der Waals surface area contributed by atoms with Crippen LogP contribution in [-0.4, -0.2) is 17.6 Å². The SMILES string of the molecule is O=C(OCCCc1cccnc1)c1occc1CSc1ccccc1. The van der Waals surface area contributed by atoms with Crippen LogP contribution in [-0.2, 0) is 16.9 Å². The van der Waals surface area contributed by atoms with E-state index in [2.05, 4.69) is 4.98 Å². The van der Waals surface area contributed by atoms with Gasteiger partial charge in [-0.3, -0.25) is 4.98 Å². The predicted molar refractivity (Wildman–Crippen MR) is 97.6 cm³/mol. The lowest BCUT2D eigenvalue weighted by Gasteiger charge is -2.05. The first-order chi connectivity index (χ1) is 12.3. The summed E-state index contributed by atoms with van der Waals surface area (Å²) in [6.07, 6.45) is 6.69. The van der Waals surface area contributed by atoms with Crippen molar-refractivity contribution in [3.63, 3.8) is 0 Å². The van der Waals surface area contributed by atoms with Crippen LogP contribution in [0.15, 0.2) is 76.5 Å². The van der Waals surface area contributed by atoms with E-state index in [-0.39, 0.29) is 0 Å². The average molecular weight is 353 g/mol. The molecule has 25 heavy (non-hydrogen) atoms. The van der Waals surface area contributed by atoms with Crippen LogP contribution in [0.4, 0.5) is 0 Å². The van der Waals surface area contributed by atoms with Gasteiger partial charge in [0.05, 0.1) is 12.9 Å². The number of pyridine rings is 1. The second kappa shape index (κ2) is 9.08. The highest BCUT2D eigenvalue weighted by molar-refractivity contribution is 7.98. The van der Waals surface area contributed by atoms with Crippen LogP contribution in [0.5, 0.6) is 0 Å². The molecule has 5 heteroatoms. The van der Waals surface area contributed by atoms with Gasteiger partial charge in [0.25, 0.3) is 0 Å². The third kappa shape index (κ3) is 5.22. The molecule has 1 aromatic carbocycles. The molecule has 0 unspecified atom stereocenters. The summed E-state index contributed by atoms with van der Waals surface area (Å²) in [4.78, 5) is 17.4. The number of rotatable bonds is 8. The highest BCUT2D eigenvalue weighted by atomic mass is 32.2. The van der Waals surface area contributed by atoms with E-state index in [0.717, 1.165) is 28.9 Å². The maximum Gasteiger partial charge on any atom is 0.374 e. The normalized spacial score (nSPS) is 10.6. The number of carbonyl (C=O) groups is 1. The Kier molecular flexibility index (Phi) is 6.29. The standard InChI is InChI=1S/C20H19NO3S/c22-20(24-12-5-7-16-6-4-11-21-14-16)19-17(10-13-23-19)15-25-18-8-2-1-3-9-18/h1-4,6,8-11,13-14H,5,7,12,15H2. The molecule has 0 atom stereocenters. The molecular formula is C20H19NO3S. The summed E-state index contributed by atoms with van der Waals surface area (Å²) >= 11 is 1.66. The number of aryl methyl sites for hydroxylation is 1. The Hall–Kier alpha value is -2.53. The molecule has 0 saturated heterocycles. The zero-order valence-electron chi connectivity index (χ0n) is 13.8. The van der Waals surface area contributed by atoms with Crippen molar-refractivity contribution in [2.45, 2.75) is 23.5 Å². The minimum Gasteiger partial charge on any atom is -0.460 e. The first-order valence-electron chi connectivity index (χ1n) is 8.13.